The lowest BCUT2D eigenvalue weighted by molar-refractivity contribution is -0.139. The van der Waals surface area contributed by atoms with Crippen molar-refractivity contribution >= 4 is 40.6 Å². The van der Waals surface area contributed by atoms with E-state index in [1.807, 2.05) is 19.9 Å². The maximum absolute atomic E-state index is 13.2. The van der Waals surface area contributed by atoms with Gasteiger partial charge < -0.3 is 4.74 Å². The molecule has 2 atom stereocenters. The Labute approximate surface area is 175 Å². The molecular weight excluding hydrogens is 390 g/mol. The second-order valence-corrected chi connectivity index (χ2v) is 11.0. The van der Waals surface area contributed by atoms with Crippen LogP contribution >= 0.6 is 23.1 Å². The molecule has 4 nitrogen and oxygen atoms in total. The molecule has 1 saturated carbocycles. The van der Waals surface area contributed by atoms with Gasteiger partial charge in [0.15, 0.2) is 0 Å². The van der Waals surface area contributed by atoms with Gasteiger partial charge in [-0.1, -0.05) is 20.8 Å². The average Bonchev–Trinajstić information content (AvgIpc) is 3.02. The molecule has 1 fully saturated rings. The molecule has 1 aliphatic heterocycles. The van der Waals surface area contributed by atoms with E-state index < -0.39 is 0 Å². The number of hydrogen-bond donors (Lipinski definition) is 0. The number of carbonyl (C=O) groups is 2. The summed E-state index contributed by atoms with van der Waals surface area (Å²) in [4.78, 5) is 33.1. The minimum atomic E-state index is -0.345. The first-order chi connectivity index (χ1) is 13.2. The van der Waals surface area contributed by atoms with Crippen molar-refractivity contribution in [3.63, 3.8) is 0 Å². The van der Waals surface area contributed by atoms with Crippen LogP contribution < -0.4 is 0 Å². The number of thioether (sulfide) groups is 1. The first-order valence-electron chi connectivity index (χ1n) is 9.85. The summed E-state index contributed by atoms with van der Waals surface area (Å²) in [5, 5.41) is 0. The standard InChI is InChI=1S/C22H29NO3S2/c1-6-27-10-9-26-21(25)18-14(3)23-15-11-22(4,5)12-16(24)19(15)20(18)17-8-7-13(2)28-17/h7-8,19-20H,6,9-12H2,1-5H3/t19-,20-/m0/s1. The van der Waals surface area contributed by atoms with E-state index in [0.29, 0.717) is 24.3 Å². The molecule has 28 heavy (non-hydrogen) atoms. The van der Waals surface area contributed by atoms with Crippen LogP contribution in [0.5, 0.6) is 0 Å². The minimum Gasteiger partial charge on any atom is -0.461 e. The zero-order valence-corrected chi connectivity index (χ0v) is 19.0. The highest BCUT2D eigenvalue weighted by Crippen LogP contribution is 2.48. The summed E-state index contributed by atoms with van der Waals surface area (Å²) in [6, 6.07) is 4.10. The number of thiophene rings is 1. The van der Waals surface area contributed by atoms with E-state index in [1.54, 1.807) is 23.1 Å². The van der Waals surface area contributed by atoms with Crippen LogP contribution in [0.25, 0.3) is 0 Å². The molecule has 3 rings (SSSR count). The summed E-state index contributed by atoms with van der Waals surface area (Å²) in [5.74, 6) is 1.01. The van der Waals surface area contributed by atoms with Crippen LogP contribution in [0, 0.1) is 18.3 Å². The Morgan fingerprint density at radius 2 is 2.04 bits per heavy atom. The van der Waals surface area contributed by atoms with Gasteiger partial charge in [-0.2, -0.15) is 11.8 Å². The van der Waals surface area contributed by atoms with Crippen LogP contribution in [0.15, 0.2) is 28.4 Å². The highest BCUT2D eigenvalue weighted by molar-refractivity contribution is 7.99. The number of ether oxygens (including phenoxy) is 1. The maximum Gasteiger partial charge on any atom is 0.336 e. The number of ketones is 1. The predicted octanol–water partition coefficient (Wildman–Crippen LogP) is 5.17. The molecule has 0 N–H and O–H groups in total. The van der Waals surface area contributed by atoms with Crippen LogP contribution in [0.2, 0.25) is 0 Å². The SMILES string of the molecule is CCSCCOC(=O)C1=C(C)N=C2CC(C)(C)CC(=O)[C@H]2[C@H]1c1ccc(C)s1. The molecule has 0 unspecified atom stereocenters. The van der Waals surface area contributed by atoms with Gasteiger partial charge in [0.1, 0.15) is 12.4 Å². The summed E-state index contributed by atoms with van der Waals surface area (Å²) in [6.07, 6.45) is 1.31. The van der Waals surface area contributed by atoms with Gasteiger partial charge in [-0.3, -0.25) is 9.79 Å². The van der Waals surface area contributed by atoms with Crippen LogP contribution in [0.4, 0.5) is 0 Å². The molecule has 0 radical (unpaired) electrons. The van der Waals surface area contributed by atoms with Crippen molar-refractivity contribution in [3.05, 3.63) is 33.2 Å². The van der Waals surface area contributed by atoms with Gasteiger partial charge in [0, 0.05) is 39.3 Å². The number of Topliss-reactive ketones (excluding diaryl/α,β-unsaturated/α-hetero) is 1. The number of aryl methyl sites for hydroxylation is 1. The summed E-state index contributed by atoms with van der Waals surface area (Å²) >= 11 is 3.40. The number of nitrogens with zero attached hydrogens (tertiary/aromatic N) is 1. The third kappa shape index (κ3) is 4.43. The summed E-state index contributed by atoms with van der Waals surface area (Å²) in [5.41, 5.74) is 2.09. The number of fused-ring (bicyclic) bond motifs is 1. The Hall–Kier alpha value is -1.40. The van der Waals surface area contributed by atoms with Gasteiger partial charge >= 0.3 is 5.97 Å². The Bertz CT molecular complexity index is 835. The molecule has 0 aromatic carbocycles. The van der Waals surface area contributed by atoms with Gasteiger partial charge in [-0.15, -0.1) is 11.3 Å². The largest absolute Gasteiger partial charge is 0.461 e. The van der Waals surface area contributed by atoms with Crippen molar-refractivity contribution in [2.45, 2.75) is 53.4 Å². The molecular formula is C22H29NO3S2. The van der Waals surface area contributed by atoms with E-state index >= 15 is 0 Å². The second-order valence-electron chi connectivity index (χ2n) is 8.32. The zero-order chi connectivity index (χ0) is 20.5. The Balaban J connectivity index is 1.99. The summed E-state index contributed by atoms with van der Waals surface area (Å²) < 4.78 is 5.57. The molecule has 0 spiro atoms. The lowest BCUT2D eigenvalue weighted by atomic mass is 9.64. The molecule has 0 bridgehead atoms. The molecule has 2 heterocycles. The minimum absolute atomic E-state index is 0.0853. The highest BCUT2D eigenvalue weighted by Gasteiger charge is 2.48. The lowest BCUT2D eigenvalue weighted by Gasteiger charge is -2.40. The second kappa shape index (κ2) is 8.54. The fraction of sp³-hybridized carbons (Fsp3) is 0.591. The highest BCUT2D eigenvalue weighted by atomic mass is 32.2. The molecule has 2 aliphatic rings. The fourth-order valence-electron chi connectivity index (χ4n) is 4.20. The zero-order valence-electron chi connectivity index (χ0n) is 17.3. The van der Waals surface area contributed by atoms with Crippen molar-refractivity contribution in [1.29, 1.82) is 0 Å². The van der Waals surface area contributed by atoms with Crippen LogP contribution in [-0.4, -0.2) is 35.6 Å². The Kier molecular flexibility index (Phi) is 6.50. The van der Waals surface area contributed by atoms with E-state index in [2.05, 4.69) is 26.8 Å². The number of rotatable bonds is 6. The quantitative estimate of drug-likeness (QED) is 0.471. The van der Waals surface area contributed by atoms with E-state index in [4.69, 9.17) is 9.73 Å². The number of carbonyl (C=O) groups excluding carboxylic acids is 2. The number of esters is 1. The summed E-state index contributed by atoms with van der Waals surface area (Å²) in [7, 11) is 0. The van der Waals surface area contributed by atoms with Gasteiger partial charge in [-0.05, 0) is 43.6 Å². The number of aliphatic imine (C=N–C) groups is 1. The van der Waals surface area contributed by atoms with Gasteiger partial charge in [-0.25, -0.2) is 4.79 Å². The predicted molar refractivity (Wildman–Crippen MR) is 117 cm³/mol. The first kappa shape index (κ1) is 21.3. The van der Waals surface area contributed by atoms with Crippen molar-refractivity contribution < 1.29 is 14.3 Å². The molecule has 0 saturated heterocycles. The fourth-order valence-corrected chi connectivity index (χ4v) is 5.72. The van der Waals surface area contributed by atoms with Gasteiger partial charge in [0.05, 0.1) is 11.5 Å². The lowest BCUT2D eigenvalue weighted by Crippen LogP contribution is -2.43. The van der Waals surface area contributed by atoms with Crippen LogP contribution in [-0.2, 0) is 14.3 Å². The van der Waals surface area contributed by atoms with E-state index in [9.17, 15) is 9.59 Å². The molecule has 1 aliphatic carbocycles. The smallest absolute Gasteiger partial charge is 0.336 e. The van der Waals surface area contributed by atoms with Crippen molar-refractivity contribution in [2.24, 2.45) is 16.3 Å². The van der Waals surface area contributed by atoms with E-state index in [1.165, 1.54) is 4.88 Å². The van der Waals surface area contributed by atoms with Crippen molar-refractivity contribution in [2.75, 3.05) is 18.1 Å². The van der Waals surface area contributed by atoms with Gasteiger partial charge in [0.2, 0.25) is 0 Å². The molecule has 152 valence electrons. The molecule has 1 aromatic rings. The number of allylic oxidation sites excluding steroid dienone is 1. The average molecular weight is 420 g/mol. The number of hydrogen-bond acceptors (Lipinski definition) is 6. The van der Waals surface area contributed by atoms with Crippen molar-refractivity contribution in [1.82, 2.24) is 0 Å². The van der Waals surface area contributed by atoms with Crippen LogP contribution in [0.3, 0.4) is 0 Å². The molecule has 1 aromatic heterocycles. The first-order valence-corrected chi connectivity index (χ1v) is 11.8. The van der Waals surface area contributed by atoms with E-state index in [-0.39, 0.29) is 29.0 Å². The third-order valence-corrected chi connectivity index (χ3v) is 7.26. The Morgan fingerprint density at radius 1 is 1.29 bits per heavy atom. The molecule has 0 amide bonds. The Morgan fingerprint density at radius 3 is 2.68 bits per heavy atom. The monoisotopic (exact) mass is 419 g/mol. The van der Waals surface area contributed by atoms with E-state index in [0.717, 1.165) is 28.5 Å². The normalized spacial score (nSPS) is 24.0. The topological polar surface area (TPSA) is 55.7 Å². The molecule has 6 heteroatoms. The van der Waals surface area contributed by atoms with Crippen molar-refractivity contribution in [3.8, 4) is 0 Å². The maximum atomic E-state index is 13.2. The third-order valence-electron chi connectivity index (χ3n) is 5.32. The summed E-state index contributed by atoms with van der Waals surface area (Å²) in [6.45, 7) is 10.6. The van der Waals surface area contributed by atoms with Crippen LogP contribution in [0.1, 0.15) is 56.2 Å². The van der Waals surface area contributed by atoms with Gasteiger partial charge in [0.25, 0.3) is 0 Å².